The minimum absolute atomic E-state index is 0.197. The van der Waals surface area contributed by atoms with Gasteiger partial charge in [0, 0.05) is 47.0 Å². The van der Waals surface area contributed by atoms with Crippen LogP contribution < -0.4 is 14.8 Å². The Kier molecular flexibility index (Phi) is 2.98. The molecule has 1 saturated heterocycles. The molecule has 84 valence electrons. The second-order valence-corrected chi connectivity index (χ2v) is 5.87. The Morgan fingerprint density at radius 2 is 2.00 bits per heavy atom. The fourth-order valence-corrected chi connectivity index (χ4v) is 2.79. The molecule has 1 N–H and O–H groups in total. The van der Waals surface area contributed by atoms with Crippen molar-refractivity contribution in [1.29, 1.82) is 0 Å². The van der Waals surface area contributed by atoms with Crippen LogP contribution in [0.5, 0.6) is 0 Å². The van der Waals surface area contributed by atoms with Gasteiger partial charge in [-0.2, -0.15) is 4.57 Å². The van der Waals surface area contributed by atoms with Crippen LogP contribution in [0.4, 0.5) is 5.00 Å². The number of piperazine rings is 1. The molecule has 3 nitrogen and oxygen atoms in total. The summed E-state index contributed by atoms with van der Waals surface area (Å²) < 4.78 is 2.30. The molecule has 0 unspecified atom stereocenters. The lowest BCUT2D eigenvalue weighted by atomic mass is 10.1. The Morgan fingerprint density at radius 3 is 2.53 bits per heavy atom. The molecule has 1 fully saturated rings. The smallest absolute Gasteiger partial charge is 0.227 e. The Balaban J connectivity index is 2.12. The first-order chi connectivity index (χ1) is 7.07. The lowest BCUT2D eigenvalue weighted by Gasteiger charge is -2.26. The van der Waals surface area contributed by atoms with Gasteiger partial charge < -0.3 is 10.2 Å². The minimum atomic E-state index is 0.197. The number of thiazole rings is 1. The molecule has 2 heterocycles. The number of nitrogens with zero attached hydrogens (tertiary/aromatic N) is 2. The summed E-state index contributed by atoms with van der Waals surface area (Å²) in [4.78, 5) is 2.46. The highest BCUT2D eigenvalue weighted by atomic mass is 32.1. The van der Waals surface area contributed by atoms with Gasteiger partial charge in [0.15, 0.2) is 10.5 Å². The summed E-state index contributed by atoms with van der Waals surface area (Å²) in [6.45, 7) is 11.2. The van der Waals surface area contributed by atoms with E-state index in [4.69, 9.17) is 0 Å². The van der Waals surface area contributed by atoms with Gasteiger partial charge in [-0.3, -0.25) is 0 Å². The van der Waals surface area contributed by atoms with Crippen molar-refractivity contribution >= 4 is 16.3 Å². The summed E-state index contributed by atoms with van der Waals surface area (Å²) in [5.41, 5.74) is 2.42. The normalized spacial score (nSPS) is 18.2. The minimum Gasteiger partial charge on any atom is -0.356 e. The fraction of sp³-hybridized carbons (Fsp3) is 0.727. The summed E-state index contributed by atoms with van der Waals surface area (Å²) in [5, 5.41) is 4.77. The van der Waals surface area contributed by atoms with Crippen LogP contribution in [0.2, 0.25) is 0 Å². The van der Waals surface area contributed by atoms with Crippen molar-refractivity contribution in [2.45, 2.75) is 26.3 Å². The molecule has 4 heteroatoms. The van der Waals surface area contributed by atoms with E-state index in [1.54, 1.807) is 0 Å². The molecule has 0 radical (unpaired) electrons. The third kappa shape index (κ3) is 2.49. The third-order valence-electron chi connectivity index (χ3n) is 2.74. The van der Waals surface area contributed by atoms with Crippen molar-refractivity contribution in [3.8, 4) is 0 Å². The molecule has 1 aliphatic heterocycles. The zero-order valence-corrected chi connectivity index (χ0v) is 10.6. The third-order valence-corrected chi connectivity index (χ3v) is 3.68. The largest absolute Gasteiger partial charge is 0.356 e. The van der Waals surface area contributed by atoms with E-state index in [1.165, 1.54) is 5.00 Å². The van der Waals surface area contributed by atoms with E-state index in [1.807, 2.05) is 11.3 Å². The lowest BCUT2D eigenvalue weighted by Crippen LogP contribution is -2.48. The van der Waals surface area contributed by atoms with Gasteiger partial charge in [-0.15, -0.1) is 0 Å². The summed E-state index contributed by atoms with van der Waals surface area (Å²) in [6, 6.07) is 0. The standard InChI is InChI=1S/C11H20N3S/c1-11(2,3)14-8-10(15-9-14)13-6-4-12-5-7-13/h8-9,12H,4-7H2,1-3H3/q+1. The van der Waals surface area contributed by atoms with Crippen molar-refractivity contribution in [3.05, 3.63) is 11.7 Å². The molecule has 0 amide bonds. The molecule has 0 aromatic carbocycles. The number of anilines is 1. The molecule has 1 aliphatic rings. The highest BCUT2D eigenvalue weighted by Crippen LogP contribution is 2.20. The first-order valence-corrected chi connectivity index (χ1v) is 6.41. The topological polar surface area (TPSA) is 19.1 Å². The van der Waals surface area contributed by atoms with Crippen molar-refractivity contribution < 1.29 is 4.57 Å². The van der Waals surface area contributed by atoms with E-state index in [0.29, 0.717) is 0 Å². The number of hydrogen-bond acceptors (Lipinski definition) is 3. The number of nitrogens with one attached hydrogen (secondary N) is 1. The second-order valence-electron chi connectivity index (χ2n) is 5.01. The maximum atomic E-state index is 3.38. The van der Waals surface area contributed by atoms with Crippen LogP contribution in [0, 0.1) is 0 Å². The monoisotopic (exact) mass is 226 g/mol. The van der Waals surface area contributed by atoms with Gasteiger partial charge in [0.1, 0.15) is 0 Å². The molecule has 1 aromatic heterocycles. The van der Waals surface area contributed by atoms with Gasteiger partial charge in [0.2, 0.25) is 11.7 Å². The predicted molar refractivity (Wildman–Crippen MR) is 64.6 cm³/mol. The van der Waals surface area contributed by atoms with Crippen LogP contribution in [0.25, 0.3) is 0 Å². The molecule has 15 heavy (non-hydrogen) atoms. The Labute approximate surface area is 95.7 Å². The summed E-state index contributed by atoms with van der Waals surface area (Å²) in [5.74, 6) is 0. The zero-order chi connectivity index (χ0) is 10.9. The quantitative estimate of drug-likeness (QED) is 0.726. The maximum absolute atomic E-state index is 3.38. The fourth-order valence-electron chi connectivity index (χ4n) is 1.68. The molecule has 2 rings (SSSR count). The van der Waals surface area contributed by atoms with Crippen LogP contribution >= 0.6 is 11.3 Å². The molecule has 0 saturated carbocycles. The predicted octanol–water partition coefficient (Wildman–Crippen LogP) is 1.20. The highest BCUT2D eigenvalue weighted by Gasteiger charge is 2.25. The maximum Gasteiger partial charge on any atom is 0.227 e. The van der Waals surface area contributed by atoms with Gasteiger partial charge in [-0.25, -0.2) is 0 Å². The molecule has 1 aromatic rings. The lowest BCUT2D eigenvalue weighted by molar-refractivity contribution is -0.749. The highest BCUT2D eigenvalue weighted by molar-refractivity contribution is 7.13. The molecule has 0 bridgehead atoms. The molecular weight excluding hydrogens is 206 g/mol. The van der Waals surface area contributed by atoms with E-state index < -0.39 is 0 Å². The van der Waals surface area contributed by atoms with E-state index in [0.717, 1.165) is 26.2 Å². The first kappa shape index (κ1) is 10.9. The number of rotatable bonds is 1. The van der Waals surface area contributed by atoms with E-state index in [-0.39, 0.29) is 5.54 Å². The van der Waals surface area contributed by atoms with E-state index in [2.05, 4.69) is 47.3 Å². The number of hydrogen-bond donors (Lipinski definition) is 1. The van der Waals surface area contributed by atoms with Crippen molar-refractivity contribution in [2.75, 3.05) is 31.1 Å². The van der Waals surface area contributed by atoms with Crippen molar-refractivity contribution in [2.24, 2.45) is 0 Å². The molecule has 0 spiro atoms. The van der Waals surface area contributed by atoms with E-state index >= 15 is 0 Å². The summed E-state index contributed by atoms with van der Waals surface area (Å²) in [6.07, 6.45) is 2.27. The first-order valence-electron chi connectivity index (χ1n) is 5.53. The summed E-state index contributed by atoms with van der Waals surface area (Å²) >= 11 is 1.84. The molecule has 0 aliphatic carbocycles. The van der Waals surface area contributed by atoms with Crippen LogP contribution in [0.1, 0.15) is 20.8 Å². The molecular formula is C11H20N3S+. The molecule has 0 atom stereocenters. The van der Waals surface area contributed by atoms with Gasteiger partial charge in [0.05, 0.1) is 0 Å². The zero-order valence-electron chi connectivity index (χ0n) is 9.79. The van der Waals surface area contributed by atoms with Crippen LogP contribution in [0.15, 0.2) is 11.7 Å². The number of aromatic nitrogens is 1. The Hall–Kier alpha value is -0.610. The van der Waals surface area contributed by atoms with Crippen molar-refractivity contribution in [3.63, 3.8) is 0 Å². The average Bonchev–Trinajstić information content (AvgIpc) is 2.67. The van der Waals surface area contributed by atoms with Gasteiger partial charge in [0.25, 0.3) is 0 Å². The van der Waals surface area contributed by atoms with E-state index in [9.17, 15) is 0 Å². The second kappa shape index (κ2) is 4.10. The van der Waals surface area contributed by atoms with Gasteiger partial charge >= 0.3 is 0 Å². The van der Waals surface area contributed by atoms with Crippen LogP contribution in [0.3, 0.4) is 0 Å². The van der Waals surface area contributed by atoms with Crippen LogP contribution in [-0.4, -0.2) is 26.2 Å². The van der Waals surface area contributed by atoms with Gasteiger partial charge in [-0.1, -0.05) is 11.3 Å². The Bertz CT molecular complexity index is 321. The van der Waals surface area contributed by atoms with Crippen LogP contribution in [-0.2, 0) is 5.54 Å². The average molecular weight is 226 g/mol. The Morgan fingerprint density at radius 1 is 1.33 bits per heavy atom. The van der Waals surface area contributed by atoms with Gasteiger partial charge in [-0.05, 0) is 0 Å². The SMILES string of the molecule is CC(C)(C)[n+]1csc(N2CCNCC2)c1. The summed E-state index contributed by atoms with van der Waals surface area (Å²) in [7, 11) is 0. The van der Waals surface area contributed by atoms with Crippen molar-refractivity contribution in [1.82, 2.24) is 5.32 Å².